The summed E-state index contributed by atoms with van der Waals surface area (Å²) in [7, 11) is 0. The first-order chi connectivity index (χ1) is 11.2. The third-order valence-electron chi connectivity index (χ3n) is 4.07. The largest absolute Gasteiger partial charge is 0.370 e. The van der Waals surface area contributed by atoms with E-state index >= 15 is 0 Å². The summed E-state index contributed by atoms with van der Waals surface area (Å²) in [5, 5.41) is 5.76. The zero-order chi connectivity index (χ0) is 16.1. The highest BCUT2D eigenvalue weighted by Crippen LogP contribution is 2.31. The SMILES string of the molecule is O=C1CSc2ccc(C(=O)NCCC[NH+]3CCOCC3)cc2N1. The zero-order valence-electron chi connectivity index (χ0n) is 13.0. The van der Waals surface area contributed by atoms with Crippen molar-refractivity contribution in [3.8, 4) is 0 Å². The van der Waals surface area contributed by atoms with Crippen molar-refractivity contribution >= 4 is 29.3 Å². The van der Waals surface area contributed by atoms with Crippen LogP contribution >= 0.6 is 11.8 Å². The monoisotopic (exact) mass is 336 g/mol. The summed E-state index contributed by atoms with van der Waals surface area (Å²) in [5.74, 6) is 0.325. The van der Waals surface area contributed by atoms with E-state index in [0.717, 1.165) is 49.9 Å². The number of anilines is 1. The Morgan fingerprint density at radius 2 is 2.17 bits per heavy atom. The Labute approximate surface area is 139 Å². The molecule has 1 aromatic carbocycles. The van der Waals surface area contributed by atoms with Crippen molar-refractivity contribution < 1.29 is 19.2 Å². The predicted octanol–water partition coefficient (Wildman–Crippen LogP) is -0.234. The smallest absolute Gasteiger partial charge is 0.251 e. The van der Waals surface area contributed by atoms with E-state index in [-0.39, 0.29) is 11.8 Å². The molecule has 3 N–H and O–H groups in total. The highest BCUT2D eigenvalue weighted by atomic mass is 32.2. The Bertz CT molecular complexity index is 588. The Morgan fingerprint density at radius 3 is 3.00 bits per heavy atom. The van der Waals surface area contributed by atoms with Gasteiger partial charge in [-0.25, -0.2) is 0 Å². The molecule has 6 nitrogen and oxygen atoms in total. The second kappa shape index (κ2) is 7.81. The van der Waals surface area contributed by atoms with Gasteiger partial charge in [0.25, 0.3) is 5.91 Å². The van der Waals surface area contributed by atoms with E-state index in [2.05, 4.69) is 10.6 Å². The maximum atomic E-state index is 12.2. The van der Waals surface area contributed by atoms with Gasteiger partial charge in [0, 0.05) is 23.4 Å². The lowest BCUT2D eigenvalue weighted by atomic mass is 10.2. The first kappa shape index (κ1) is 16.3. The number of benzene rings is 1. The molecule has 7 heteroatoms. The standard InChI is InChI=1S/C16H21N3O3S/c20-15-11-23-14-3-2-12(10-13(14)18-15)16(21)17-4-1-5-19-6-8-22-9-7-19/h2-3,10H,1,4-9,11H2,(H,17,21)(H,18,20)/p+1. The number of amides is 2. The summed E-state index contributed by atoms with van der Waals surface area (Å²) in [6.07, 6.45) is 0.957. The van der Waals surface area contributed by atoms with E-state index in [9.17, 15) is 9.59 Å². The van der Waals surface area contributed by atoms with Gasteiger partial charge < -0.3 is 20.3 Å². The molecule has 1 aromatic rings. The van der Waals surface area contributed by atoms with E-state index in [0.29, 0.717) is 17.9 Å². The third kappa shape index (κ3) is 4.46. The van der Waals surface area contributed by atoms with E-state index in [1.807, 2.05) is 12.1 Å². The van der Waals surface area contributed by atoms with Crippen LogP contribution < -0.4 is 15.5 Å². The van der Waals surface area contributed by atoms with Crippen LogP contribution in [0.1, 0.15) is 16.8 Å². The van der Waals surface area contributed by atoms with Crippen LogP contribution in [0.4, 0.5) is 5.69 Å². The van der Waals surface area contributed by atoms with Crippen molar-refractivity contribution in [3.05, 3.63) is 23.8 Å². The number of hydrogen-bond donors (Lipinski definition) is 3. The fraction of sp³-hybridized carbons (Fsp3) is 0.500. The van der Waals surface area contributed by atoms with Gasteiger partial charge in [-0.2, -0.15) is 0 Å². The number of nitrogens with one attached hydrogen (secondary N) is 3. The molecule has 2 aliphatic rings. The van der Waals surface area contributed by atoms with Crippen molar-refractivity contribution in [3.63, 3.8) is 0 Å². The van der Waals surface area contributed by atoms with Gasteiger partial charge in [0.2, 0.25) is 5.91 Å². The van der Waals surface area contributed by atoms with Crippen molar-refractivity contribution in [2.24, 2.45) is 0 Å². The fourth-order valence-electron chi connectivity index (χ4n) is 2.78. The van der Waals surface area contributed by atoms with Crippen molar-refractivity contribution in [1.29, 1.82) is 0 Å². The number of thioether (sulfide) groups is 1. The van der Waals surface area contributed by atoms with E-state index in [4.69, 9.17) is 4.74 Å². The molecule has 2 heterocycles. The van der Waals surface area contributed by atoms with Gasteiger partial charge in [0.05, 0.1) is 31.2 Å². The average Bonchev–Trinajstić information content (AvgIpc) is 2.58. The lowest BCUT2D eigenvalue weighted by Gasteiger charge is -2.23. The molecule has 124 valence electrons. The number of ether oxygens (including phenoxy) is 1. The molecular weight excluding hydrogens is 314 g/mol. The number of quaternary nitrogens is 1. The van der Waals surface area contributed by atoms with Gasteiger partial charge in [-0.05, 0) is 18.2 Å². The van der Waals surface area contributed by atoms with Crippen LogP contribution in [-0.4, -0.2) is 57.0 Å². The van der Waals surface area contributed by atoms with Crippen LogP contribution in [0.5, 0.6) is 0 Å². The molecule has 2 aliphatic heterocycles. The first-order valence-electron chi connectivity index (χ1n) is 7.98. The number of carbonyl (C=O) groups is 2. The number of fused-ring (bicyclic) bond motifs is 1. The van der Waals surface area contributed by atoms with E-state index < -0.39 is 0 Å². The van der Waals surface area contributed by atoms with E-state index in [1.54, 1.807) is 11.0 Å². The van der Waals surface area contributed by atoms with Crippen molar-refractivity contribution in [2.45, 2.75) is 11.3 Å². The molecule has 0 saturated carbocycles. The predicted molar refractivity (Wildman–Crippen MR) is 89.1 cm³/mol. The third-order valence-corrected chi connectivity index (χ3v) is 5.14. The molecule has 0 bridgehead atoms. The summed E-state index contributed by atoms with van der Waals surface area (Å²) in [6.45, 7) is 5.50. The van der Waals surface area contributed by atoms with Crippen LogP contribution in [0.2, 0.25) is 0 Å². The summed E-state index contributed by atoms with van der Waals surface area (Å²) in [4.78, 5) is 26.2. The van der Waals surface area contributed by atoms with Crippen LogP contribution in [0.15, 0.2) is 23.1 Å². The Kier molecular flexibility index (Phi) is 5.53. The topological polar surface area (TPSA) is 71.9 Å². The second-order valence-electron chi connectivity index (χ2n) is 5.77. The van der Waals surface area contributed by atoms with Crippen LogP contribution in [0.25, 0.3) is 0 Å². The van der Waals surface area contributed by atoms with Crippen LogP contribution in [0.3, 0.4) is 0 Å². The number of carbonyl (C=O) groups excluding carboxylic acids is 2. The average molecular weight is 336 g/mol. The van der Waals surface area contributed by atoms with Crippen LogP contribution in [0, 0.1) is 0 Å². The normalized spacial score (nSPS) is 18.2. The highest BCUT2D eigenvalue weighted by molar-refractivity contribution is 8.00. The molecule has 2 amide bonds. The second-order valence-corrected chi connectivity index (χ2v) is 6.79. The van der Waals surface area contributed by atoms with Crippen molar-refractivity contribution in [2.75, 3.05) is 50.5 Å². The molecule has 23 heavy (non-hydrogen) atoms. The lowest BCUT2D eigenvalue weighted by molar-refractivity contribution is -0.908. The summed E-state index contributed by atoms with van der Waals surface area (Å²) >= 11 is 1.50. The number of hydrogen-bond acceptors (Lipinski definition) is 4. The molecule has 0 aromatic heterocycles. The van der Waals surface area contributed by atoms with Gasteiger partial charge in [-0.15, -0.1) is 11.8 Å². The molecule has 1 fully saturated rings. The summed E-state index contributed by atoms with van der Waals surface area (Å²) in [6, 6.07) is 5.46. The maximum absolute atomic E-state index is 12.2. The molecular formula is C16H22N3O3S+. The van der Waals surface area contributed by atoms with Crippen molar-refractivity contribution in [1.82, 2.24) is 5.32 Å². The summed E-state index contributed by atoms with van der Waals surface area (Å²) in [5.41, 5.74) is 1.32. The van der Waals surface area contributed by atoms with Gasteiger partial charge in [-0.1, -0.05) is 0 Å². The Hall–Kier alpha value is -1.57. The Morgan fingerprint density at radius 1 is 1.35 bits per heavy atom. The minimum atomic E-state index is -0.0883. The number of rotatable bonds is 5. The molecule has 0 spiro atoms. The summed E-state index contributed by atoms with van der Waals surface area (Å²) < 4.78 is 5.33. The lowest BCUT2D eigenvalue weighted by Crippen LogP contribution is -3.14. The minimum Gasteiger partial charge on any atom is -0.370 e. The highest BCUT2D eigenvalue weighted by Gasteiger charge is 2.17. The number of morpholine rings is 1. The first-order valence-corrected chi connectivity index (χ1v) is 8.97. The quantitative estimate of drug-likeness (QED) is 0.650. The van der Waals surface area contributed by atoms with Gasteiger partial charge >= 0.3 is 0 Å². The fourth-order valence-corrected chi connectivity index (χ4v) is 3.57. The molecule has 0 radical (unpaired) electrons. The molecule has 0 atom stereocenters. The Balaban J connectivity index is 1.46. The molecule has 0 unspecified atom stereocenters. The van der Waals surface area contributed by atoms with Gasteiger partial charge in [0.15, 0.2) is 0 Å². The molecule has 0 aliphatic carbocycles. The van der Waals surface area contributed by atoms with Gasteiger partial charge in [-0.3, -0.25) is 9.59 Å². The molecule has 3 rings (SSSR count). The van der Waals surface area contributed by atoms with Gasteiger partial charge in [0.1, 0.15) is 13.1 Å². The molecule has 1 saturated heterocycles. The van der Waals surface area contributed by atoms with E-state index in [1.165, 1.54) is 11.8 Å². The minimum absolute atomic E-state index is 0.0199. The van der Waals surface area contributed by atoms with Crippen LogP contribution in [-0.2, 0) is 9.53 Å². The zero-order valence-corrected chi connectivity index (χ0v) is 13.8. The maximum Gasteiger partial charge on any atom is 0.251 e.